The molecule has 0 spiro atoms. The zero-order valence-corrected chi connectivity index (χ0v) is 9.40. The van der Waals surface area contributed by atoms with Crippen molar-refractivity contribution < 1.29 is 0 Å². The van der Waals surface area contributed by atoms with E-state index in [4.69, 9.17) is 0 Å². The van der Waals surface area contributed by atoms with Crippen LogP contribution >= 0.6 is 0 Å². The lowest BCUT2D eigenvalue weighted by Crippen LogP contribution is -2.42. The molecule has 2 fully saturated rings. The first-order valence-corrected chi connectivity index (χ1v) is 5.72. The highest BCUT2D eigenvalue weighted by Crippen LogP contribution is 2.46. The zero-order chi connectivity index (χ0) is 9.53. The van der Waals surface area contributed by atoms with E-state index in [1.54, 1.807) is 0 Å². The van der Waals surface area contributed by atoms with Gasteiger partial charge in [0, 0.05) is 13.1 Å². The molecule has 1 heteroatoms. The summed E-state index contributed by atoms with van der Waals surface area (Å²) in [4.78, 5) is 2.69. The molecule has 0 unspecified atom stereocenters. The molecule has 76 valence electrons. The van der Waals surface area contributed by atoms with Gasteiger partial charge in [-0.25, -0.2) is 0 Å². The second-order valence-electron chi connectivity index (χ2n) is 6.29. The Bertz CT molecular complexity index is 189. The molecule has 1 aliphatic heterocycles. The van der Waals surface area contributed by atoms with Crippen molar-refractivity contribution in [1.82, 2.24) is 4.90 Å². The molecule has 0 amide bonds. The van der Waals surface area contributed by atoms with Crippen molar-refractivity contribution in [3.8, 4) is 0 Å². The standard InChI is InChI=1S/C12H23N/c1-11(2)5-4-8-13(9-11)10-12(3)6-7-12/h4-10H2,1-3H3. The number of hydrogen-bond donors (Lipinski definition) is 0. The van der Waals surface area contributed by atoms with Gasteiger partial charge in [0.2, 0.25) is 0 Å². The Kier molecular flexibility index (Phi) is 2.18. The first-order chi connectivity index (χ1) is 5.99. The lowest BCUT2D eigenvalue weighted by molar-refractivity contribution is 0.100. The minimum atomic E-state index is 0.573. The average molecular weight is 181 g/mol. The van der Waals surface area contributed by atoms with Crippen molar-refractivity contribution in [3.63, 3.8) is 0 Å². The molecule has 2 rings (SSSR count). The summed E-state index contributed by atoms with van der Waals surface area (Å²) in [6, 6.07) is 0. The van der Waals surface area contributed by atoms with E-state index in [9.17, 15) is 0 Å². The Labute approximate surface area is 82.5 Å². The Balaban J connectivity index is 1.86. The monoisotopic (exact) mass is 181 g/mol. The molecule has 1 saturated carbocycles. The maximum Gasteiger partial charge on any atom is 0.00356 e. The highest BCUT2D eigenvalue weighted by molar-refractivity contribution is 4.93. The third-order valence-corrected chi connectivity index (χ3v) is 3.69. The van der Waals surface area contributed by atoms with E-state index in [-0.39, 0.29) is 0 Å². The van der Waals surface area contributed by atoms with Crippen LogP contribution in [0.25, 0.3) is 0 Å². The molecule has 0 N–H and O–H groups in total. The van der Waals surface area contributed by atoms with E-state index in [1.807, 2.05) is 0 Å². The molecular formula is C12H23N. The van der Waals surface area contributed by atoms with E-state index < -0.39 is 0 Å². The number of likely N-dealkylation sites (tertiary alicyclic amines) is 1. The number of rotatable bonds is 2. The molecule has 0 aromatic carbocycles. The molecule has 1 nitrogen and oxygen atoms in total. The van der Waals surface area contributed by atoms with Crippen LogP contribution in [-0.4, -0.2) is 24.5 Å². The fourth-order valence-electron chi connectivity index (χ4n) is 2.59. The van der Waals surface area contributed by atoms with E-state index in [1.165, 1.54) is 45.3 Å². The summed E-state index contributed by atoms with van der Waals surface area (Å²) >= 11 is 0. The van der Waals surface area contributed by atoms with Crippen molar-refractivity contribution in [2.45, 2.75) is 46.5 Å². The second kappa shape index (κ2) is 2.98. The maximum atomic E-state index is 2.69. The lowest BCUT2D eigenvalue weighted by Gasteiger charge is -2.39. The van der Waals surface area contributed by atoms with Crippen LogP contribution in [0.1, 0.15) is 46.5 Å². The molecule has 0 aromatic heterocycles. The van der Waals surface area contributed by atoms with Gasteiger partial charge >= 0.3 is 0 Å². The Morgan fingerprint density at radius 1 is 1.08 bits per heavy atom. The molecule has 0 atom stereocenters. The summed E-state index contributed by atoms with van der Waals surface area (Å²) in [5.74, 6) is 0. The van der Waals surface area contributed by atoms with Crippen LogP contribution in [0, 0.1) is 10.8 Å². The SMILES string of the molecule is CC1(C)CCCN(CC2(C)CC2)C1. The van der Waals surface area contributed by atoms with Crippen molar-refractivity contribution >= 4 is 0 Å². The van der Waals surface area contributed by atoms with E-state index >= 15 is 0 Å². The van der Waals surface area contributed by atoms with Gasteiger partial charge in [0.05, 0.1) is 0 Å². The number of hydrogen-bond acceptors (Lipinski definition) is 1. The zero-order valence-electron chi connectivity index (χ0n) is 9.40. The highest BCUT2D eigenvalue weighted by atomic mass is 15.1. The summed E-state index contributed by atoms with van der Waals surface area (Å²) in [6.07, 6.45) is 5.75. The summed E-state index contributed by atoms with van der Waals surface area (Å²) in [6.45, 7) is 11.3. The van der Waals surface area contributed by atoms with Crippen LogP contribution < -0.4 is 0 Å². The molecule has 0 radical (unpaired) electrons. The van der Waals surface area contributed by atoms with Crippen LogP contribution in [0.2, 0.25) is 0 Å². The van der Waals surface area contributed by atoms with Gasteiger partial charge in [-0.1, -0.05) is 20.8 Å². The summed E-state index contributed by atoms with van der Waals surface area (Å²) in [5.41, 5.74) is 1.27. The van der Waals surface area contributed by atoms with Gasteiger partial charge in [0.1, 0.15) is 0 Å². The first-order valence-electron chi connectivity index (χ1n) is 5.72. The highest BCUT2D eigenvalue weighted by Gasteiger charge is 2.40. The van der Waals surface area contributed by atoms with Gasteiger partial charge < -0.3 is 4.90 Å². The van der Waals surface area contributed by atoms with Crippen LogP contribution in [0.3, 0.4) is 0 Å². The molecule has 2 aliphatic rings. The molecule has 0 bridgehead atoms. The molecule has 0 aromatic rings. The van der Waals surface area contributed by atoms with Crippen molar-refractivity contribution in [3.05, 3.63) is 0 Å². The largest absolute Gasteiger partial charge is 0.302 e. The Morgan fingerprint density at radius 2 is 1.77 bits per heavy atom. The smallest absolute Gasteiger partial charge is 0.00356 e. The topological polar surface area (TPSA) is 3.24 Å². The van der Waals surface area contributed by atoms with Crippen molar-refractivity contribution in [1.29, 1.82) is 0 Å². The molecule has 1 saturated heterocycles. The average Bonchev–Trinajstić information content (AvgIpc) is 2.65. The Hall–Kier alpha value is -0.0400. The van der Waals surface area contributed by atoms with Gasteiger partial charge in [0.25, 0.3) is 0 Å². The van der Waals surface area contributed by atoms with Crippen molar-refractivity contribution in [2.75, 3.05) is 19.6 Å². The van der Waals surface area contributed by atoms with Crippen LogP contribution in [0.4, 0.5) is 0 Å². The third kappa shape index (κ3) is 2.46. The number of nitrogens with zero attached hydrogens (tertiary/aromatic N) is 1. The minimum absolute atomic E-state index is 0.573. The van der Waals surface area contributed by atoms with Crippen LogP contribution in [-0.2, 0) is 0 Å². The van der Waals surface area contributed by atoms with Crippen LogP contribution in [0.15, 0.2) is 0 Å². The van der Waals surface area contributed by atoms with Gasteiger partial charge in [-0.05, 0) is 43.1 Å². The van der Waals surface area contributed by atoms with Crippen LogP contribution in [0.5, 0.6) is 0 Å². The third-order valence-electron chi connectivity index (χ3n) is 3.69. The fraction of sp³-hybridized carbons (Fsp3) is 1.00. The van der Waals surface area contributed by atoms with E-state index in [0.717, 1.165) is 0 Å². The summed E-state index contributed by atoms with van der Waals surface area (Å²) < 4.78 is 0. The van der Waals surface area contributed by atoms with Gasteiger partial charge in [0.15, 0.2) is 0 Å². The summed E-state index contributed by atoms with van der Waals surface area (Å²) in [7, 11) is 0. The fourth-order valence-corrected chi connectivity index (χ4v) is 2.59. The Morgan fingerprint density at radius 3 is 2.31 bits per heavy atom. The number of piperidine rings is 1. The molecular weight excluding hydrogens is 158 g/mol. The van der Waals surface area contributed by atoms with Gasteiger partial charge in [-0.3, -0.25) is 0 Å². The normalized spacial score (nSPS) is 31.6. The van der Waals surface area contributed by atoms with E-state index in [2.05, 4.69) is 25.7 Å². The molecule has 13 heavy (non-hydrogen) atoms. The maximum absolute atomic E-state index is 2.69. The first kappa shape index (κ1) is 9.51. The molecule has 1 aliphatic carbocycles. The summed E-state index contributed by atoms with van der Waals surface area (Å²) in [5, 5.41) is 0. The van der Waals surface area contributed by atoms with Crippen molar-refractivity contribution in [2.24, 2.45) is 10.8 Å². The predicted octanol–water partition coefficient (Wildman–Crippen LogP) is 2.91. The quantitative estimate of drug-likeness (QED) is 0.633. The lowest BCUT2D eigenvalue weighted by atomic mass is 9.84. The second-order valence-corrected chi connectivity index (χ2v) is 6.29. The predicted molar refractivity (Wildman–Crippen MR) is 56.8 cm³/mol. The van der Waals surface area contributed by atoms with Gasteiger partial charge in [-0.2, -0.15) is 0 Å². The van der Waals surface area contributed by atoms with E-state index in [0.29, 0.717) is 10.8 Å². The van der Waals surface area contributed by atoms with Gasteiger partial charge in [-0.15, -0.1) is 0 Å². The molecule has 1 heterocycles. The minimum Gasteiger partial charge on any atom is -0.302 e.